The first-order chi connectivity index (χ1) is 34.6. The van der Waals surface area contributed by atoms with Crippen LogP contribution in [0.1, 0.15) is 138 Å². The maximum atomic E-state index is 13.4. The van der Waals surface area contributed by atoms with E-state index in [0.29, 0.717) is 69.4 Å². The minimum absolute atomic E-state index is 0.0713. The highest BCUT2D eigenvalue weighted by Crippen LogP contribution is 2.55. The number of rotatable bonds is 20. The van der Waals surface area contributed by atoms with Gasteiger partial charge in [-0.15, -0.1) is 0 Å². The van der Waals surface area contributed by atoms with E-state index in [1.54, 1.807) is 74.0 Å². The van der Waals surface area contributed by atoms with Crippen molar-refractivity contribution in [2.24, 2.45) is 10.8 Å². The molecule has 2 aliphatic carbocycles. The SMILES string of the molecule is CC[C@@H]1C(=O)N(C)c2cnc(Nc3ccc(C(=O)NCCCCCCCOC4CCN(c5ncc(C(=O)NC6C(C)(C)C(Oc7ccc(C#N)c(Cl)c7)C6(C)C)cn5)CC4)cc3OC)nc2N1C1CCCC1. The van der Waals surface area contributed by atoms with Crippen LogP contribution in [0.5, 0.6) is 11.5 Å². The van der Waals surface area contributed by atoms with Gasteiger partial charge in [-0.25, -0.2) is 15.0 Å². The number of fused-ring (bicyclic) bond motifs is 1. The van der Waals surface area contributed by atoms with Crippen molar-refractivity contribution in [1.82, 2.24) is 30.6 Å². The van der Waals surface area contributed by atoms with Crippen LogP contribution in [0.3, 0.4) is 0 Å². The van der Waals surface area contributed by atoms with Crippen LogP contribution in [0.15, 0.2) is 55.0 Å². The minimum Gasteiger partial charge on any atom is -0.495 e. The molecule has 0 bridgehead atoms. The van der Waals surface area contributed by atoms with Crippen LogP contribution in [0.2, 0.25) is 5.02 Å². The van der Waals surface area contributed by atoms with Crippen LogP contribution in [0.4, 0.5) is 29.1 Å². The highest BCUT2D eigenvalue weighted by molar-refractivity contribution is 6.31. The molecule has 2 aromatic carbocycles. The van der Waals surface area contributed by atoms with Crippen LogP contribution in [0.25, 0.3) is 0 Å². The summed E-state index contributed by atoms with van der Waals surface area (Å²) in [6.45, 7) is 13.2. The number of unbranched alkanes of at least 4 members (excludes halogenated alkanes) is 4. The van der Waals surface area contributed by atoms with Gasteiger partial charge in [-0.3, -0.25) is 14.4 Å². The Balaban J connectivity index is 0.701. The molecule has 4 heterocycles. The summed E-state index contributed by atoms with van der Waals surface area (Å²) < 4.78 is 18.3. The summed E-state index contributed by atoms with van der Waals surface area (Å²) in [5, 5.41) is 19.1. The van der Waals surface area contributed by atoms with Gasteiger partial charge in [0.2, 0.25) is 17.8 Å². The zero-order valence-electron chi connectivity index (χ0n) is 42.8. The molecular formula is C54H70ClN11O6. The van der Waals surface area contributed by atoms with Crippen molar-refractivity contribution in [2.45, 2.75) is 142 Å². The number of likely N-dealkylation sites (N-methyl/N-ethyl adjacent to an activating group) is 1. The fraction of sp³-hybridized carbons (Fsp3) is 0.556. The van der Waals surface area contributed by atoms with E-state index in [-0.39, 0.29) is 58.9 Å². The van der Waals surface area contributed by atoms with E-state index in [1.807, 2.05) is 6.92 Å². The highest BCUT2D eigenvalue weighted by atomic mass is 35.5. The molecule has 4 aromatic rings. The summed E-state index contributed by atoms with van der Waals surface area (Å²) >= 11 is 6.25. The first kappa shape index (κ1) is 52.1. The molecule has 2 saturated carbocycles. The first-order valence-corrected chi connectivity index (χ1v) is 26.0. The Hall–Kier alpha value is -6.25. The number of aromatic nitrogens is 4. The third-order valence-electron chi connectivity index (χ3n) is 15.1. The number of halogens is 1. The summed E-state index contributed by atoms with van der Waals surface area (Å²) in [5.74, 6) is 2.53. The van der Waals surface area contributed by atoms with Gasteiger partial charge in [0.1, 0.15) is 35.4 Å². The zero-order valence-corrected chi connectivity index (χ0v) is 43.6. The number of piperidine rings is 1. The smallest absolute Gasteiger partial charge is 0.254 e. The number of anilines is 5. The summed E-state index contributed by atoms with van der Waals surface area (Å²) in [6.07, 6.45) is 16.7. The van der Waals surface area contributed by atoms with Gasteiger partial charge in [-0.05, 0) is 75.3 Å². The maximum Gasteiger partial charge on any atom is 0.254 e. The molecular weight excluding hydrogens is 934 g/mol. The quantitative estimate of drug-likeness (QED) is 0.0709. The Morgan fingerprint density at radius 2 is 1.60 bits per heavy atom. The van der Waals surface area contributed by atoms with Gasteiger partial charge in [0.15, 0.2) is 5.82 Å². The van der Waals surface area contributed by atoms with Crippen molar-refractivity contribution < 1.29 is 28.6 Å². The van der Waals surface area contributed by atoms with Crippen LogP contribution in [0, 0.1) is 22.2 Å². The Morgan fingerprint density at radius 3 is 2.28 bits per heavy atom. The molecule has 1 saturated heterocycles. The number of ether oxygens (including phenoxy) is 3. The van der Waals surface area contributed by atoms with Crippen molar-refractivity contribution in [3.63, 3.8) is 0 Å². The summed E-state index contributed by atoms with van der Waals surface area (Å²) in [7, 11) is 3.36. The molecule has 1 atom stereocenters. The molecule has 0 spiro atoms. The van der Waals surface area contributed by atoms with Gasteiger partial charge in [-0.1, -0.05) is 78.3 Å². The standard InChI is InChI=1S/C54H70ClN11O6/c1-8-42-48(69)64(6)43-33-58-51(62-45(43)66(42)37-16-12-13-17-37)61-41-21-19-34(28-44(41)70-7)46(67)57-24-14-10-9-11-15-27-71-38-22-25-65(26-23-38)52-59-31-36(32-60-52)47(68)63-49-53(2,3)50(54(49,4)5)72-39-20-18-35(30-56)40(55)29-39/h18-21,28-29,31-33,37-38,42,49-50H,8-17,22-27H2,1-7H3,(H,57,67)(H,63,68)(H,58,61,62)/t42-,49?,50?/m1/s1. The normalized spacial score (nSPS) is 20.6. The number of carbonyl (C=O) groups excluding carboxylic acids is 3. The zero-order chi connectivity index (χ0) is 51.2. The Bertz CT molecular complexity index is 2590. The molecule has 0 unspecified atom stereocenters. The Morgan fingerprint density at radius 1 is 0.889 bits per heavy atom. The van der Waals surface area contributed by atoms with E-state index >= 15 is 0 Å². The van der Waals surface area contributed by atoms with Crippen LogP contribution in [-0.4, -0.2) is 108 Å². The number of carbonyl (C=O) groups is 3. The number of methoxy groups -OCH3 is 1. The number of amides is 3. The minimum atomic E-state index is -0.386. The lowest BCUT2D eigenvalue weighted by atomic mass is 9.49. The molecule has 3 fully saturated rings. The average Bonchev–Trinajstić information content (AvgIpc) is 3.92. The van der Waals surface area contributed by atoms with E-state index in [0.717, 1.165) is 96.1 Å². The van der Waals surface area contributed by atoms with Crippen molar-refractivity contribution in [3.8, 4) is 17.6 Å². The molecule has 72 heavy (non-hydrogen) atoms. The molecule has 2 aromatic heterocycles. The third kappa shape index (κ3) is 11.2. The Labute approximate surface area is 428 Å². The fourth-order valence-corrected chi connectivity index (χ4v) is 11.7. The molecule has 2 aliphatic heterocycles. The van der Waals surface area contributed by atoms with Gasteiger partial charge in [0, 0.05) is 80.2 Å². The summed E-state index contributed by atoms with van der Waals surface area (Å²) in [5.41, 5.74) is 1.87. The molecule has 8 rings (SSSR count). The number of nitrogens with zero attached hydrogens (tertiary/aromatic N) is 8. The topological polar surface area (TPSA) is 200 Å². The molecule has 3 N–H and O–H groups in total. The molecule has 0 radical (unpaired) electrons. The van der Waals surface area contributed by atoms with Crippen molar-refractivity contribution in [2.75, 3.05) is 60.4 Å². The second-order valence-corrected chi connectivity index (χ2v) is 21.2. The van der Waals surface area contributed by atoms with Crippen LogP contribution < -0.4 is 40.1 Å². The van der Waals surface area contributed by atoms with E-state index < -0.39 is 0 Å². The predicted octanol–water partition coefficient (Wildman–Crippen LogP) is 9.03. The molecule has 3 amide bonds. The van der Waals surface area contributed by atoms with Crippen molar-refractivity contribution >= 4 is 58.4 Å². The number of hydrogen-bond acceptors (Lipinski definition) is 14. The highest BCUT2D eigenvalue weighted by Gasteiger charge is 2.64. The molecule has 18 heteroatoms. The Kier molecular flexibility index (Phi) is 16.4. The second kappa shape index (κ2) is 22.7. The van der Waals surface area contributed by atoms with Gasteiger partial charge in [-0.2, -0.15) is 10.2 Å². The number of benzene rings is 2. The predicted molar refractivity (Wildman–Crippen MR) is 279 cm³/mol. The number of hydrogen-bond donors (Lipinski definition) is 3. The summed E-state index contributed by atoms with van der Waals surface area (Å²) in [6, 6.07) is 12.3. The van der Waals surface area contributed by atoms with Gasteiger partial charge in [0.25, 0.3) is 11.8 Å². The van der Waals surface area contributed by atoms with E-state index in [4.69, 9.17) is 30.8 Å². The lowest BCUT2D eigenvalue weighted by Crippen LogP contribution is -2.74. The fourth-order valence-electron chi connectivity index (χ4n) is 11.4. The monoisotopic (exact) mass is 1000 g/mol. The molecule has 384 valence electrons. The lowest BCUT2D eigenvalue weighted by molar-refractivity contribution is -0.164. The molecule has 17 nitrogen and oxygen atoms in total. The molecule has 4 aliphatic rings. The van der Waals surface area contributed by atoms with E-state index in [1.165, 1.54) is 0 Å². The van der Waals surface area contributed by atoms with Gasteiger partial charge in [0.05, 0.1) is 41.2 Å². The number of nitrogens with one attached hydrogen (secondary N) is 3. The first-order valence-electron chi connectivity index (χ1n) is 25.7. The largest absolute Gasteiger partial charge is 0.495 e. The van der Waals surface area contributed by atoms with E-state index in [9.17, 15) is 19.6 Å². The maximum absolute atomic E-state index is 13.4. The second-order valence-electron chi connectivity index (χ2n) is 20.8. The number of nitriles is 1. The van der Waals surface area contributed by atoms with Crippen molar-refractivity contribution in [1.29, 1.82) is 5.26 Å². The van der Waals surface area contributed by atoms with Gasteiger partial charge >= 0.3 is 0 Å². The lowest BCUT2D eigenvalue weighted by Gasteiger charge is -2.63. The summed E-state index contributed by atoms with van der Waals surface area (Å²) in [4.78, 5) is 64.5. The third-order valence-corrected chi connectivity index (χ3v) is 15.5. The van der Waals surface area contributed by atoms with E-state index in [2.05, 4.69) is 74.5 Å². The van der Waals surface area contributed by atoms with Crippen molar-refractivity contribution in [3.05, 3.63) is 76.7 Å². The van der Waals surface area contributed by atoms with Gasteiger partial charge < -0.3 is 44.9 Å². The average molecular weight is 1000 g/mol. The van der Waals surface area contributed by atoms with Crippen LogP contribution >= 0.6 is 11.6 Å². The van der Waals surface area contributed by atoms with Crippen LogP contribution in [-0.2, 0) is 9.53 Å².